The standard InChI is InChI=1S/C30H33NO4/c1-21-27-29(28(32)33,20-31(21)19-22-10-5-3-6-11-22)26(23-12-7-4-8-13-23)16-17-30(27,34)24-14-9-15-25(18-24)35-2/h3-15,18,21,26-27,34H,16-17,19-20H2,1-2H3,(H,32,33). The predicted molar refractivity (Wildman–Crippen MR) is 135 cm³/mol. The number of nitrogens with zero attached hydrogens (tertiary/aromatic N) is 1. The Bertz CT molecular complexity index is 1180. The van der Waals surface area contributed by atoms with Crippen molar-refractivity contribution in [2.45, 2.75) is 43.9 Å². The average molecular weight is 472 g/mol. The second-order valence-corrected chi connectivity index (χ2v) is 10.1. The normalized spacial score (nSPS) is 30.5. The number of fused-ring (bicyclic) bond motifs is 1. The minimum Gasteiger partial charge on any atom is -0.497 e. The number of aliphatic hydroxyl groups is 1. The van der Waals surface area contributed by atoms with Gasteiger partial charge in [-0.2, -0.15) is 0 Å². The highest BCUT2D eigenvalue weighted by molar-refractivity contribution is 5.78. The van der Waals surface area contributed by atoms with E-state index >= 15 is 0 Å². The molecule has 0 spiro atoms. The van der Waals surface area contributed by atoms with E-state index < -0.39 is 22.9 Å². The summed E-state index contributed by atoms with van der Waals surface area (Å²) in [6, 6.07) is 27.5. The molecule has 3 aromatic rings. The van der Waals surface area contributed by atoms with Gasteiger partial charge in [0.1, 0.15) is 5.75 Å². The number of hydrogen-bond donors (Lipinski definition) is 2. The molecule has 1 heterocycles. The number of methoxy groups -OCH3 is 1. The molecule has 0 radical (unpaired) electrons. The van der Waals surface area contributed by atoms with E-state index in [1.165, 1.54) is 0 Å². The second-order valence-electron chi connectivity index (χ2n) is 10.1. The van der Waals surface area contributed by atoms with Crippen LogP contribution in [0.1, 0.15) is 42.4 Å². The Hall–Kier alpha value is -3.15. The summed E-state index contributed by atoms with van der Waals surface area (Å²) in [5.74, 6) is -0.865. The number of ether oxygens (including phenoxy) is 1. The predicted octanol–water partition coefficient (Wildman–Crippen LogP) is 5.05. The molecular weight excluding hydrogens is 438 g/mol. The number of carbonyl (C=O) groups is 1. The van der Waals surface area contributed by atoms with Crippen LogP contribution in [-0.2, 0) is 16.9 Å². The first-order valence-electron chi connectivity index (χ1n) is 12.3. The fraction of sp³-hybridized carbons (Fsp3) is 0.367. The van der Waals surface area contributed by atoms with Gasteiger partial charge in [0, 0.05) is 31.0 Å². The van der Waals surface area contributed by atoms with Crippen molar-refractivity contribution in [1.82, 2.24) is 4.90 Å². The summed E-state index contributed by atoms with van der Waals surface area (Å²) in [5, 5.41) is 23.4. The monoisotopic (exact) mass is 471 g/mol. The highest BCUT2D eigenvalue weighted by Crippen LogP contribution is 2.63. The van der Waals surface area contributed by atoms with E-state index in [0.717, 1.165) is 16.7 Å². The van der Waals surface area contributed by atoms with Gasteiger partial charge in [-0.3, -0.25) is 9.69 Å². The Morgan fingerprint density at radius 1 is 1.03 bits per heavy atom. The van der Waals surface area contributed by atoms with Gasteiger partial charge in [-0.25, -0.2) is 0 Å². The van der Waals surface area contributed by atoms with E-state index in [-0.39, 0.29) is 12.0 Å². The number of hydrogen-bond acceptors (Lipinski definition) is 4. The van der Waals surface area contributed by atoms with Gasteiger partial charge in [-0.15, -0.1) is 0 Å². The van der Waals surface area contributed by atoms with Crippen molar-refractivity contribution in [2.24, 2.45) is 11.3 Å². The molecule has 0 bridgehead atoms. The van der Waals surface area contributed by atoms with Crippen LogP contribution >= 0.6 is 0 Å². The van der Waals surface area contributed by atoms with Crippen LogP contribution < -0.4 is 4.74 Å². The van der Waals surface area contributed by atoms with Crippen LogP contribution in [0.25, 0.3) is 0 Å². The summed E-state index contributed by atoms with van der Waals surface area (Å²) in [7, 11) is 1.61. The molecule has 5 rings (SSSR count). The largest absolute Gasteiger partial charge is 0.497 e. The number of likely N-dealkylation sites (tertiary alicyclic amines) is 1. The minimum atomic E-state index is -1.29. The highest BCUT2D eigenvalue weighted by atomic mass is 16.5. The third-order valence-electron chi connectivity index (χ3n) is 8.43. The molecule has 5 unspecified atom stereocenters. The van der Waals surface area contributed by atoms with Crippen LogP contribution in [0.4, 0.5) is 0 Å². The zero-order valence-electron chi connectivity index (χ0n) is 20.3. The van der Waals surface area contributed by atoms with Gasteiger partial charge in [0.25, 0.3) is 0 Å². The number of benzene rings is 3. The Morgan fingerprint density at radius 2 is 1.71 bits per heavy atom. The smallest absolute Gasteiger partial charge is 0.312 e. The minimum absolute atomic E-state index is 0.144. The van der Waals surface area contributed by atoms with Gasteiger partial charge >= 0.3 is 5.97 Å². The molecule has 3 aromatic carbocycles. The van der Waals surface area contributed by atoms with Crippen LogP contribution in [0.2, 0.25) is 0 Å². The number of carboxylic acids is 1. The van der Waals surface area contributed by atoms with Crippen LogP contribution in [0, 0.1) is 11.3 Å². The lowest BCUT2D eigenvalue weighted by Gasteiger charge is -2.52. The third-order valence-corrected chi connectivity index (χ3v) is 8.43. The van der Waals surface area contributed by atoms with Gasteiger partial charge in [-0.05, 0) is 48.6 Å². The van der Waals surface area contributed by atoms with Crippen molar-refractivity contribution < 1.29 is 19.7 Å². The van der Waals surface area contributed by atoms with Gasteiger partial charge in [0.05, 0.1) is 18.1 Å². The van der Waals surface area contributed by atoms with Gasteiger partial charge in [0.15, 0.2) is 0 Å². The first kappa shape index (κ1) is 23.6. The molecule has 1 saturated carbocycles. The van der Waals surface area contributed by atoms with E-state index in [0.29, 0.717) is 31.7 Å². The van der Waals surface area contributed by atoms with E-state index in [4.69, 9.17) is 4.74 Å². The maximum absolute atomic E-state index is 13.4. The van der Waals surface area contributed by atoms with Crippen molar-refractivity contribution in [3.8, 4) is 5.75 Å². The molecule has 2 fully saturated rings. The van der Waals surface area contributed by atoms with Crippen molar-refractivity contribution in [3.63, 3.8) is 0 Å². The quantitative estimate of drug-likeness (QED) is 0.526. The first-order valence-corrected chi connectivity index (χ1v) is 12.3. The van der Waals surface area contributed by atoms with Gasteiger partial charge in [0.2, 0.25) is 0 Å². The van der Waals surface area contributed by atoms with Crippen LogP contribution in [0.3, 0.4) is 0 Å². The van der Waals surface area contributed by atoms with Crippen LogP contribution in [0.15, 0.2) is 84.9 Å². The van der Waals surface area contributed by atoms with E-state index in [9.17, 15) is 15.0 Å². The number of aliphatic carboxylic acids is 1. The molecular formula is C30H33NO4. The zero-order chi connectivity index (χ0) is 24.6. The van der Waals surface area contributed by atoms with Crippen LogP contribution in [0.5, 0.6) is 5.75 Å². The summed E-state index contributed by atoms with van der Waals surface area (Å²) < 4.78 is 5.45. The Kier molecular flexibility index (Phi) is 6.16. The lowest BCUT2D eigenvalue weighted by molar-refractivity contribution is -0.172. The van der Waals surface area contributed by atoms with Gasteiger partial charge < -0.3 is 14.9 Å². The maximum Gasteiger partial charge on any atom is 0.312 e. The Labute approximate surface area is 207 Å². The molecule has 1 aliphatic carbocycles. The number of carboxylic acid groups (broad SMARTS) is 1. The topological polar surface area (TPSA) is 70.0 Å². The molecule has 5 heteroatoms. The Morgan fingerprint density at radius 3 is 2.37 bits per heavy atom. The molecule has 1 saturated heterocycles. The molecule has 35 heavy (non-hydrogen) atoms. The molecule has 182 valence electrons. The van der Waals surface area contributed by atoms with Crippen molar-refractivity contribution >= 4 is 5.97 Å². The summed E-state index contributed by atoms with van der Waals surface area (Å²) in [4.78, 5) is 15.6. The van der Waals surface area contributed by atoms with Crippen LogP contribution in [-0.4, -0.2) is 40.8 Å². The highest BCUT2D eigenvalue weighted by Gasteiger charge is 2.68. The fourth-order valence-electron chi connectivity index (χ4n) is 6.88. The molecule has 5 atom stereocenters. The molecule has 2 aliphatic rings. The molecule has 5 nitrogen and oxygen atoms in total. The second kappa shape index (κ2) is 9.14. The Balaban J connectivity index is 1.66. The number of rotatable bonds is 6. The lowest BCUT2D eigenvalue weighted by Crippen LogP contribution is -2.57. The summed E-state index contributed by atoms with van der Waals surface area (Å²) in [6.45, 7) is 3.11. The molecule has 0 aromatic heterocycles. The fourth-order valence-corrected chi connectivity index (χ4v) is 6.88. The van der Waals surface area contributed by atoms with Crippen molar-refractivity contribution in [1.29, 1.82) is 0 Å². The van der Waals surface area contributed by atoms with Gasteiger partial charge in [-0.1, -0.05) is 72.8 Å². The third kappa shape index (κ3) is 3.83. The first-order chi connectivity index (χ1) is 16.9. The van der Waals surface area contributed by atoms with Crippen molar-refractivity contribution in [2.75, 3.05) is 13.7 Å². The molecule has 1 aliphatic heterocycles. The average Bonchev–Trinajstić information content (AvgIpc) is 3.19. The van der Waals surface area contributed by atoms with E-state index in [1.807, 2.05) is 72.8 Å². The SMILES string of the molecule is COc1cccc(C2(O)CCC(c3ccccc3)C3(C(=O)O)CN(Cc4ccccc4)C(C)C23)c1. The van der Waals surface area contributed by atoms with E-state index in [2.05, 4.69) is 24.0 Å². The molecule has 0 amide bonds. The zero-order valence-corrected chi connectivity index (χ0v) is 20.3. The molecule has 2 N–H and O–H groups in total. The lowest BCUT2D eigenvalue weighted by atomic mass is 9.52. The summed E-state index contributed by atoms with van der Waals surface area (Å²) in [5.41, 5.74) is 0.475. The van der Waals surface area contributed by atoms with E-state index in [1.54, 1.807) is 7.11 Å². The van der Waals surface area contributed by atoms with Crippen molar-refractivity contribution in [3.05, 3.63) is 102 Å². The maximum atomic E-state index is 13.4. The summed E-state index contributed by atoms with van der Waals surface area (Å²) >= 11 is 0. The summed E-state index contributed by atoms with van der Waals surface area (Å²) in [6.07, 6.45) is 1.08.